The number of nitrogens with one attached hydrogen (secondary N) is 1. The first kappa shape index (κ1) is 12.2. The second kappa shape index (κ2) is 4.37. The Bertz CT molecular complexity index is 549. The first-order valence-corrected chi connectivity index (χ1v) is 6.79. The van der Waals surface area contributed by atoms with Gasteiger partial charge in [-0.1, -0.05) is 12.8 Å². The molecule has 1 saturated carbocycles. The summed E-state index contributed by atoms with van der Waals surface area (Å²) in [6.07, 6.45) is 3.85. The Morgan fingerprint density at radius 3 is 2.63 bits per heavy atom. The van der Waals surface area contributed by atoms with Gasteiger partial charge >= 0.3 is 0 Å². The summed E-state index contributed by atoms with van der Waals surface area (Å²) < 4.78 is 0. The quantitative estimate of drug-likeness (QED) is 0.844. The van der Waals surface area contributed by atoms with Crippen molar-refractivity contribution in [2.75, 3.05) is 12.4 Å². The lowest BCUT2D eigenvalue weighted by atomic mass is 10.1. The van der Waals surface area contributed by atoms with E-state index in [2.05, 4.69) is 12.2 Å². The van der Waals surface area contributed by atoms with Gasteiger partial charge in [-0.2, -0.15) is 0 Å². The third-order valence-corrected chi connectivity index (χ3v) is 3.89. The number of carbonyl (C=O) groups excluding carboxylic acids is 2. The summed E-state index contributed by atoms with van der Waals surface area (Å²) >= 11 is 0. The Balaban J connectivity index is 1.78. The van der Waals surface area contributed by atoms with Crippen LogP contribution in [0.3, 0.4) is 0 Å². The van der Waals surface area contributed by atoms with Gasteiger partial charge < -0.3 is 5.32 Å². The molecule has 1 unspecified atom stereocenters. The van der Waals surface area contributed by atoms with Crippen LogP contribution in [0, 0.1) is 5.92 Å². The van der Waals surface area contributed by atoms with E-state index in [4.69, 9.17) is 0 Å². The highest BCUT2D eigenvalue weighted by Crippen LogP contribution is 2.34. The van der Waals surface area contributed by atoms with E-state index in [9.17, 15) is 9.59 Å². The molecule has 2 amide bonds. The Kier molecular flexibility index (Phi) is 2.81. The molecule has 0 bridgehead atoms. The van der Waals surface area contributed by atoms with Crippen LogP contribution in [0.15, 0.2) is 18.2 Å². The van der Waals surface area contributed by atoms with E-state index in [-0.39, 0.29) is 11.8 Å². The zero-order valence-corrected chi connectivity index (χ0v) is 11.3. The van der Waals surface area contributed by atoms with Crippen LogP contribution in [-0.4, -0.2) is 29.8 Å². The predicted molar refractivity (Wildman–Crippen MR) is 73.3 cm³/mol. The van der Waals surface area contributed by atoms with Crippen LogP contribution >= 0.6 is 0 Å². The topological polar surface area (TPSA) is 49.4 Å². The molecule has 4 nitrogen and oxygen atoms in total. The van der Waals surface area contributed by atoms with Crippen LogP contribution in [0.4, 0.5) is 5.69 Å². The Morgan fingerprint density at radius 1 is 1.26 bits per heavy atom. The van der Waals surface area contributed by atoms with Crippen molar-refractivity contribution in [1.82, 2.24) is 4.90 Å². The van der Waals surface area contributed by atoms with Gasteiger partial charge in [-0.25, -0.2) is 0 Å². The van der Waals surface area contributed by atoms with Crippen LogP contribution in [-0.2, 0) is 0 Å². The van der Waals surface area contributed by atoms with Gasteiger partial charge in [0.1, 0.15) is 0 Å². The molecule has 0 saturated heterocycles. The molecule has 4 heteroatoms. The summed E-state index contributed by atoms with van der Waals surface area (Å²) in [4.78, 5) is 24.9. The van der Waals surface area contributed by atoms with Gasteiger partial charge in [0.05, 0.1) is 11.1 Å². The largest absolute Gasteiger partial charge is 0.383 e. The van der Waals surface area contributed by atoms with Gasteiger partial charge in [-0.3, -0.25) is 14.5 Å². The van der Waals surface area contributed by atoms with Crippen molar-refractivity contribution >= 4 is 17.5 Å². The lowest BCUT2D eigenvalue weighted by Gasteiger charge is -2.15. The Labute approximate surface area is 112 Å². The smallest absolute Gasteiger partial charge is 0.261 e. The number of amides is 2. The lowest BCUT2D eigenvalue weighted by molar-refractivity contribution is 0.0693. The molecule has 1 N–H and O–H groups in total. The molecule has 1 heterocycles. The van der Waals surface area contributed by atoms with Gasteiger partial charge in [0, 0.05) is 18.8 Å². The number of rotatable bonds is 4. The first-order valence-electron chi connectivity index (χ1n) is 6.79. The highest BCUT2D eigenvalue weighted by Gasteiger charge is 2.32. The average molecular weight is 258 g/mol. The van der Waals surface area contributed by atoms with Crippen molar-refractivity contribution in [3.63, 3.8) is 0 Å². The first-order chi connectivity index (χ1) is 9.06. The molecular formula is C15H18N2O2. The average Bonchev–Trinajstić information content (AvgIpc) is 3.16. The van der Waals surface area contributed by atoms with E-state index in [1.54, 1.807) is 12.1 Å². The number of imide groups is 1. The molecule has 1 aliphatic heterocycles. The predicted octanol–water partition coefficient (Wildman–Crippen LogP) is 2.51. The van der Waals surface area contributed by atoms with Gasteiger partial charge in [-0.05, 0) is 37.5 Å². The minimum Gasteiger partial charge on any atom is -0.383 e. The standard InChI is InChI=1S/C15H18N2O2/c1-9(7-10-3-4-10)16-11-5-6-12-13(8-11)15(19)17(2)14(12)18/h5-6,8-10,16H,3-4,7H2,1-2H3. The number of carbonyl (C=O) groups is 2. The lowest BCUT2D eigenvalue weighted by Crippen LogP contribution is -2.24. The van der Waals surface area contributed by atoms with E-state index in [1.165, 1.54) is 31.2 Å². The van der Waals surface area contributed by atoms with Gasteiger partial charge in [0.15, 0.2) is 0 Å². The number of benzene rings is 1. The molecule has 3 rings (SSSR count). The molecule has 1 aromatic rings. The van der Waals surface area contributed by atoms with Crippen molar-refractivity contribution in [2.45, 2.75) is 32.2 Å². The van der Waals surface area contributed by atoms with E-state index < -0.39 is 0 Å². The number of hydrogen-bond donors (Lipinski definition) is 1. The molecule has 1 fully saturated rings. The van der Waals surface area contributed by atoms with Crippen LogP contribution < -0.4 is 5.32 Å². The van der Waals surface area contributed by atoms with Crippen molar-refractivity contribution in [3.8, 4) is 0 Å². The molecule has 100 valence electrons. The van der Waals surface area contributed by atoms with Gasteiger partial charge in [0.25, 0.3) is 11.8 Å². The van der Waals surface area contributed by atoms with E-state index in [1.807, 2.05) is 6.07 Å². The second-order valence-electron chi connectivity index (χ2n) is 5.65. The van der Waals surface area contributed by atoms with Crippen LogP contribution in [0.1, 0.15) is 46.9 Å². The third kappa shape index (κ3) is 2.23. The van der Waals surface area contributed by atoms with Crippen LogP contribution in [0.5, 0.6) is 0 Å². The van der Waals surface area contributed by atoms with Crippen molar-refractivity contribution in [3.05, 3.63) is 29.3 Å². The fraction of sp³-hybridized carbons (Fsp3) is 0.467. The Morgan fingerprint density at radius 2 is 1.95 bits per heavy atom. The summed E-state index contributed by atoms with van der Waals surface area (Å²) in [5.41, 5.74) is 1.94. The fourth-order valence-electron chi connectivity index (χ4n) is 2.65. The summed E-state index contributed by atoms with van der Waals surface area (Å²) in [6.45, 7) is 2.16. The summed E-state index contributed by atoms with van der Waals surface area (Å²) in [5.74, 6) is 0.447. The highest BCUT2D eigenvalue weighted by molar-refractivity contribution is 6.21. The van der Waals surface area contributed by atoms with Crippen LogP contribution in [0.25, 0.3) is 0 Å². The van der Waals surface area contributed by atoms with Gasteiger partial charge in [-0.15, -0.1) is 0 Å². The number of anilines is 1. The molecule has 1 atom stereocenters. The Hall–Kier alpha value is -1.84. The molecule has 19 heavy (non-hydrogen) atoms. The normalized spacial score (nSPS) is 19.6. The third-order valence-electron chi connectivity index (χ3n) is 3.89. The second-order valence-corrected chi connectivity index (χ2v) is 5.65. The minimum atomic E-state index is -0.211. The molecular weight excluding hydrogens is 240 g/mol. The molecule has 0 aromatic heterocycles. The van der Waals surface area contributed by atoms with E-state index in [0.29, 0.717) is 17.2 Å². The van der Waals surface area contributed by atoms with Crippen molar-refractivity contribution in [1.29, 1.82) is 0 Å². The summed E-state index contributed by atoms with van der Waals surface area (Å²) in [7, 11) is 1.52. The SMILES string of the molecule is CC(CC1CC1)Nc1ccc2c(c1)C(=O)N(C)C2=O. The minimum absolute atomic E-state index is 0.210. The van der Waals surface area contributed by atoms with E-state index >= 15 is 0 Å². The number of nitrogens with zero attached hydrogens (tertiary/aromatic N) is 1. The van der Waals surface area contributed by atoms with Crippen LogP contribution in [0.2, 0.25) is 0 Å². The molecule has 0 spiro atoms. The maximum Gasteiger partial charge on any atom is 0.261 e. The monoisotopic (exact) mass is 258 g/mol. The molecule has 2 aliphatic rings. The maximum atomic E-state index is 11.9. The van der Waals surface area contributed by atoms with Crippen molar-refractivity contribution < 1.29 is 9.59 Å². The number of fused-ring (bicyclic) bond motifs is 1. The van der Waals surface area contributed by atoms with E-state index in [0.717, 1.165) is 11.6 Å². The van der Waals surface area contributed by atoms with Gasteiger partial charge in [0.2, 0.25) is 0 Å². The number of hydrogen-bond acceptors (Lipinski definition) is 3. The summed E-state index contributed by atoms with van der Waals surface area (Å²) in [6, 6.07) is 5.82. The summed E-state index contributed by atoms with van der Waals surface area (Å²) in [5, 5.41) is 3.41. The highest BCUT2D eigenvalue weighted by atomic mass is 16.2. The fourth-order valence-corrected chi connectivity index (χ4v) is 2.65. The molecule has 1 aromatic carbocycles. The maximum absolute atomic E-state index is 11.9. The molecule has 1 aliphatic carbocycles. The molecule has 0 radical (unpaired) electrons. The zero-order chi connectivity index (χ0) is 13.6. The van der Waals surface area contributed by atoms with Crippen molar-refractivity contribution in [2.24, 2.45) is 5.92 Å². The zero-order valence-electron chi connectivity index (χ0n) is 11.3.